The third-order valence-corrected chi connectivity index (χ3v) is 5.09. The first-order chi connectivity index (χ1) is 14.0. The number of aryl methyl sites for hydroxylation is 1. The van der Waals surface area contributed by atoms with Crippen LogP contribution in [0.15, 0.2) is 42.2 Å². The van der Waals surface area contributed by atoms with Gasteiger partial charge in [0.15, 0.2) is 0 Å². The normalized spacial score (nSPS) is 14.1. The maximum atomic E-state index is 10.7. The second kappa shape index (κ2) is 7.05. The molecule has 0 atom stereocenters. The molecule has 1 aliphatic rings. The molecule has 0 fully saturated rings. The molecular formula is C21H22N4O4. The lowest BCUT2D eigenvalue weighted by Crippen LogP contribution is -2.27. The Kier molecular flexibility index (Phi) is 4.54. The molecule has 0 saturated heterocycles. The third kappa shape index (κ3) is 2.93. The summed E-state index contributed by atoms with van der Waals surface area (Å²) in [7, 11) is 6.61. The Morgan fingerprint density at radius 1 is 1.00 bits per heavy atom. The van der Waals surface area contributed by atoms with Gasteiger partial charge in [0.25, 0.3) is 0 Å². The van der Waals surface area contributed by atoms with Crippen molar-refractivity contribution in [3.63, 3.8) is 0 Å². The van der Waals surface area contributed by atoms with E-state index >= 15 is 0 Å². The number of ether oxygens (including phenoxy) is 3. The van der Waals surface area contributed by atoms with Gasteiger partial charge in [0.05, 0.1) is 50.2 Å². The summed E-state index contributed by atoms with van der Waals surface area (Å²) >= 11 is 0. The molecule has 8 nitrogen and oxygen atoms in total. The van der Waals surface area contributed by atoms with E-state index in [1.165, 1.54) is 0 Å². The summed E-state index contributed by atoms with van der Waals surface area (Å²) in [5.41, 5.74) is 2.67. The minimum atomic E-state index is 0.0817. The van der Waals surface area contributed by atoms with E-state index in [1.807, 2.05) is 35.9 Å². The summed E-state index contributed by atoms with van der Waals surface area (Å²) in [4.78, 5) is 6.33. The molecule has 0 aliphatic carbocycles. The number of hydrogen-bond acceptors (Lipinski definition) is 6. The number of aliphatic hydroxyl groups is 1. The lowest BCUT2D eigenvalue weighted by Gasteiger charge is -2.21. The summed E-state index contributed by atoms with van der Waals surface area (Å²) in [6, 6.07) is 10.9. The van der Waals surface area contributed by atoms with Crippen LogP contribution >= 0.6 is 0 Å². The van der Waals surface area contributed by atoms with Crippen molar-refractivity contribution in [3.8, 4) is 17.2 Å². The van der Waals surface area contributed by atoms with Gasteiger partial charge in [0, 0.05) is 19.2 Å². The Labute approximate surface area is 168 Å². The summed E-state index contributed by atoms with van der Waals surface area (Å²) in [6.45, 7) is 0.156. The van der Waals surface area contributed by atoms with Gasteiger partial charge >= 0.3 is 0 Å². The smallest absolute Gasteiger partial charge is 0.148 e. The van der Waals surface area contributed by atoms with Gasteiger partial charge in [-0.3, -0.25) is 5.41 Å². The minimum Gasteiger partial charge on any atom is -0.509 e. The van der Waals surface area contributed by atoms with E-state index in [2.05, 4.69) is 4.98 Å². The Morgan fingerprint density at radius 3 is 2.38 bits per heavy atom. The molecule has 0 unspecified atom stereocenters. The van der Waals surface area contributed by atoms with Crippen LogP contribution in [0.1, 0.15) is 5.82 Å². The summed E-state index contributed by atoms with van der Waals surface area (Å²) in [5.74, 6) is 2.66. The number of hydrogen-bond donors (Lipinski definition) is 2. The van der Waals surface area contributed by atoms with E-state index in [-0.39, 0.29) is 18.1 Å². The van der Waals surface area contributed by atoms with Crippen molar-refractivity contribution in [2.45, 2.75) is 0 Å². The van der Waals surface area contributed by atoms with Crippen LogP contribution in [0.3, 0.4) is 0 Å². The molecule has 2 heterocycles. The van der Waals surface area contributed by atoms with Gasteiger partial charge in [-0.15, -0.1) is 0 Å². The predicted molar refractivity (Wildman–Crippen MR) is 111 cm³/mol. The minimum absolute atomic E-state index is 0.0817. The topological polar surface area (TPSA) is 92.8 Å². The molecule has 2 N–H and O–H groups in total. The van der Waals surface area contributed by atoms with Crippen molar-refractivity contribution in [1.29, 1.82) is 5.41 Å². The number of fused-ring (bicyclic) bond motifs is 1. The van der Waals surface area contributed by atoms with E-state index < -0.39 is 0 Å². The van der Waals surface area contributed by atoms with Gasteiger partial charge in [-0.05, 0) is 24.3 Å². The largest absolute Gasteiger partial charge is 0.509 e. The molecule has 150 valence electrons. The second-order valence-electron chi connectivity index (χ2n) is 6.64. The Bertz CT molecular complexity index is 1150. The van der Waals surface area contributed by atoms with Gasteiger partial charge in [-0.25, -0.2) is 4.98 Å². The summed E-state index contributed by atoms with van der Waals surface area (Å²) in [6.07, 6.45) is 0. The van der Waals surface area contributed by atoms with Crippen LogP contribution < -0.4 is 19.1 Å². The average molecular weight is 394 g/mol. The number of aromatic nitrogens is 2. The fourth-order valence-electron chi connectivity index (χ4n) is 3.56. The van der Waals surface area contributed by atoms with E-state index in [0.717, 1.165) is 11.0 Å². The number of anilines is 1. The van der Waals surface area contributed by atoms with Crippen LogP contribution in [0.4, 0.5) is 5.69 Å². The second-order valence-corrected chi connectivity index (χ2v) is 6.64. The van der Waals surface area contributed by atoms with Gasteiger partial charge in [0.2, 0.25) is 0 Å². The lowest BCUT2D eigenvalue weighted by atomic mass is 10.2. The number of amidine groups is 1. The Hall–Kier alpha value is -3.68. The van der Waals surface area contributed by atoms with Crippen molar-refractivity contribution >= 4 is 28.1 Å². The highest BCUT2D eigenvalue weighted by atomic mass is 16.5. The molecule has 1 aromatic heterocycles. The van der Waals surface area contributed by atoms with E-state index in [1.54, 1.807) is 38.4 Å². The number of benzene rings is 2. The van der Waals surface area contributed by atoms with E-state index in [9.17, 15) is 5.11 Å². The SMILES string of the molecule is COc1ccc(N2CC(O)=C(c3nc4cc(OC)ccc4n3C)C2=N)c(OC)c1. The zero-order valence-corrected chi connectivity index (χ0v) is 16.7. The molecule has 0 spiro atoms. The number of imidazole rings is 1. The number of aliphatic hydroxyl groups excluding tert-OH is 1. The molecule has 4 rings (SSSR count). The van der Waals surface area contributed by atoms with Crippen molar-refractivity contribution in [2.75, 3.05) is 32.8 Å². The van der Waals surface area contributed by atoms with Crippen LogP contribution in [-0.4, -0.2) is 48.4 Å². The average Bonchev–Trinajstić information content (AvgIpc) is 3.22. The highest BCUT2D eigenvalue weighted by molar-refractivity contribution is 6.30. The quantitative estimate of drug-likeness (QED) is 0.689. The molecular weight excluding hydrogens is 372 g/mol. The highest BCUT2D eigenvalue weighted by Crippen LogP contribution is 2.38. The van der Waals surface area contributed by atoms with Crippen molar-refractivity contribution < 1.29 is 19.3 Å². The first kappa shape index (κ1) is 18.7. The summed E-state index contributed by atoms with van der Waals surface area (Å²) in [5, 5.41) is 19.4. The predicted octanol–water partition coefficient (Wildman–Crippen LogP) is 3.37. The zero-order chi connectivity index (χ0) is 20.7. The van der Waals surface area contributed by atoms with Crippen molar-refractivity contribution in [2.24, 2.45) is 7.05 Å². The number of nitrogens with zero attached hydrogens (tertiary/aromatic N) is 3. The van der Waals surface area contributed by atoms with Crippen molar-refractivity contribution in [3.05, 3.63) is 48.0 Å². The molecule has 29 heavy (non-hydrogen) atoms. The van der Waals surface area contributed by atoms with Gasteiger partial charge < -0.3 is 28.8 Å². The van der Waals surface area contributed by atoms with Crippen LogP contribution in [0.5, 0.6) is 17.2 Å². The van der Waals surface area contributed by atoms with Crippen LogP contribution in [0, 0.1) is 5.41 Å². The molecule has 0 bridgehead atoms. The lowest BCUT2D eigenvalue weighted by molar-refractivity contribution is 0.393. The summed E-state index contributed by atoms with van der Waals surface area (Å²) < 4.78 is 17.9. The molecule has 3 aromatic rings. The molecule has 0 amide bonds. The fraction of sp³-hybridized carbons (Fsp3) is 0.238. The van der Waals surface area contributed by atoms with Crippen LogP contribution in [0.25, 0.3) is 16.6 Å². The van der Waals surface area contributed by atoms with Gasteiger partial charge in [-0.2, -0.15) is 0 Å². The Morgan fingerprint density at radius 2 is 1.69 bits per heavy atom. The number of nitrogens with one attached hydrogen (secondary N) is 1. The number of methoxy groups -OCH3 is 3. The van der Waals surface area contributed by atoms with E-state index in [4.69, 9.17) is 19.6 Å². The third-order valence-electron chi connectivity index (χ3n) is 5.09. The molecule has 2 aromatic carbocycles. The fourth-order valence-corrected chi connectivity index (χ4v) is 3.56. The molecule has 0 saturated carbocycles. The standard InChI is InChI=1S/C21H22N4O4/c1-24-15-7-5-12(27-2)9-14(15)23-21(24)19-17(26)11-25(20(19)22)16-8-6-13(28-3)10-18(16)29-4/h5-10,22,26H,11H2,1-4H3. The van der Waals surface area contributed by atoms with Crippen molar-refractivity contribution in [1.82, 2.24) is 9.55 Å². The zero-order valence-electron chi connectivity index (χ0n) is 16.7. The Balaban J connectivity index is 1.76. The highest BCUT2D eigenvalue weighted by Gasteiger charge is 2.33. The van der Waals surface area contributed by atoms with Crippen LogP contribution in [0.2, 0.25) is 0 Å². The van der Waals surface area contributed by atoms with Crippen LogP contribution in [-0.2, 0) is 7.05 Å². The van der Waals surface area contributed by atoms with Gasteiger partial charge in [0.1, 0.15) is 34.7 Å². The maximum Gasteiger partial charge on any atom is 0.148 e. The first-order valence-corrected chi connectivity index (χ1v) is 9.00. The maximum absolute atomic E-state index is 10.7. The molecule has 8 heteroatoms. The van der Waals surface area contributed by atoms with E-state index in [0.29, 0.717) is 34.3 Å². The molecule has 1 aliphatic heterocycles. The monoisotopic (exact) mass is 394 g/mol. The number of rotatable bonds is 5. The van der Waals surface area contributed by atoms with Gasteiger partial charge in [-0.1, -0.05) is 0 Å². The molecule has 0 radical (unpaired) electrons. The first-order valence-electron chi connectivity index (χ1n) is 9.00.